The molecule has 0 saturated heterocycles. The van der Waals surface area contributed by atoms with Crippen LogP contribution in [0.25, 0.3) is 0 Å². The van der Waals surface area contributed by atoms with Gasteiger partial charge in [0.1, 0.15) is 5.03 Å². The van der Waals surface area contributed by atoms with Crippen molar-refractivity contribution in [3.8, 4) is 0 Å². The molecule has 1 rings (SSSR count). The molecule has 1 heterocycles. The number of rotatable bonds is 6. The molecule has 0 aliphatic rings. The SMILES string of the molecule is COCCNCc1cccnc1SC(C)(C)C. The summed E-state index contributed by atoms with van der Waals surface area (Å²) in [6.45, 7) is 9.06. The van der Waals surface area contributed by atoms with Gasteiger partial charge in [0.25, 0.3) is 0 Å². The number of hydrogen-bond acceptors (Lipinski definition) is 4. The number of thioether (sulfide) groups is 1. The minimum atomic E-state index is 0.190. The number of nitrogens with one attached hydrogen (secondary N) is 1. The molecule has 3 nitrogen and oxygen atoms in total. The Morgan fingerprint density at radius 3 is 2.82 bits per heavy atom. The van der Waals surface area contributed by atoms with E-state index in [-0.39, 0.29) is 4.75 Å². The summed E-state index contributed by atoms with van der Waals surface area (Å²) in [6, 6.07) is 4.11. The van der Waals surface area contributed by atoms with Crippen LogP contribution in [0, 0.1) is 0 Å². The van der Waals surface area contributed by atoms with E-state index in [0.717, 1.165) is 24.7 Å². The van der Waals surface area contributed by atoms with Crippen molar-refractivity contribution in [2.75, 3.05) is 20.3 Å². The van der Waals surface area contributed by atoms with Crippen molar-refractivity contribution >= 4 is 11.8 Å². The molecule has 0 fully saturated rings. The fourth-order valence-electron chi connectivity index (χ4n) is 1.34. The third-order valence-corrected chi connectivity index (χ3v) is 3.22. The van der Waals surface area contributed by atoms with Gasteiger partial charge in [-0.15, -0.1) is 11.8 Å². The van der Waals surface area contributed by atoms with Crippen molar-refractivity contribution in [1.29, 1.82) is 0 Å². The van der Waals surface area contributed by atoms with E-state index in [1.807, 2.05) is 24.0 Å². The first-order chi connectivity index (χ1) is 8.03. The largest absolute Gasteiger partial charge is 0.383 e. The second kappa shape index (κ2) is 6.99. The molecule has 1 aromatic heterocycles. The van der Waals surface area contributed by atoms with Crippen LogP contribution in [0.5, 0.6) is 0 Å². The fraction of sp³-hybridized carbons (Fsp3) is 0.615. The maximum absolute atomic E-state index is 5.01. The monoisotopic (exact) mass is 254 g/mol. The summed E-state index contributed by atoms with van der Waals surface area (Å²) in [5.41, 5.74) is 1.25. The minimum Gasteiger partial charge on any atom is -0.383 e. The highest BCUT2D eigenvalue weighted by molar-refractivity contribution is 8.00. The second-order valence-corrected chi connectivity index (χ2v) is 6.67. The third-order valence-electron chi connectivity index (χ3n) is 2.05. The second-order valence-electron chi connectivity index (χ2n) is 4.85. The molecule has 0 saturated carbocycles. The van der Waals surface area contributed by atoms with E-state index in [1.165, 1.54) is 5.56 Å². The summed E-state index contributed by atoms with van der Waals surface area (Å²) < 4.78 is 5.20. The van der Waals surface area contributed by atoms with E-state index in [2.05, 4.69) is 37.1 Å². The number of nitrogens with zero attached hydrogens (tertiary/aromatic N) is 1. The van der Waals surface area contributed by atoms with Crippen LogP contribution >= 0.6 is 11.8 Å². The molecule has 0 spiro atoms. The lowest BCUT2D eigenvalue weighted by molar-refractivity contribution is 0.199. The summed E-state index contributed by atoms with van der Waals surface area (Å²) >= 11 is 1.81. The van der Waals surface area contributed by atoms with Gasteiger partial charge >= 0.3 is 0 Å². The number of ether oxygens (including phenoxy) is 1. The zero-order chi connectivity index (χ0) is 12.7. The lowest BCUT2D eigenvalue weighted by Crippen LogP contribution is -2.19. The van der Waals surface area contributed by atoms with Gasteiger partial charge in [0.15, 0.2) is 0 Å². The highest BCUT2D eigenvalue weighted by Crippen LogP contribution is 2.32. The van der Waals surface area contributed by atoms with Gasteiger partial charge in [-0.1, -0.05) is 26.8 Å². The van der Waals surface area contributed by atoms with E-state index in [0.29, 0.717) is 0 Å². The van der Waals surface area contributed by atoms with E-state index in [1.54, 1.807) is 7.11 Å². The van der Waals surface area contributed by atoms with Crippen LogP contribution in [0.4, 0.5) is 0 Å². The Kier molecular flexibility index (Phi) is 5.95. The molecule has 1 aromatic rings. The molecule has 0 bridgehead atoms. The van der Waals surface area contributed by atoms with Gasteiger partial charge in [-0.2, -0.15) is 0 Å². The fourth-order valence-corrected chi connectivity index (χ4v) is 2.30. The summed E-state index contributed by atoms with van der Waals surface area (Å²) in [4.78, 5) is 4.45. The lowest BCUT2D eigenvalue weighted by atomic mass is 10.2. The van der Waals surface area contributed by atoms with E-state index >= 15 is 0 Å². The number of aromatic nitrogens is 1. The molecule has 0 aliphatic carbocycles. The maximum Gasteiger partial charge on any atom is 0.101 e. The Bertz CT molecular complexity index is 336. The van der Waals surface area contributed by atoms with E-state index in [4.69, 9.17) is 4.74 Å². The van der Waals surface area contributed by atoms with E-state index < -0.39 is 0 Å². The molecular weight excluding hydrogens is 232 g/mol. The van der Waals surface area contributed by atoms with Crippen LogP contribution in [-0.4, -0.2) is 30.0 Å². The van der Waals surface area contributed by atoms with Crippen LogP contribution < -0.4 is 5.32 Å². The van der Waals surface area contributed by atoms with Crippen LogP contribution in [0.2, 0.25) is 0 Å². The van der Waals surface area contributed by atoms with Gasteiger partial charge < -0.3 is 10.1 Å². The molecule has 0 atom stereocenters. The number of pyridine rings is 1. The van der Waals surface area contributed by atoms with Crippen molar-refractivity contribution in [1.82, 2.24) is 10.3 Å². The van der Waals surface area contributed by atoms with Crippen molar-refractivity contribution in [2.45, 2.75) is 37.1 Å². The zero-order valence-corrected chi connectivity index (χ0v) is 11.9. The highest BCUT2D eigenvalue weighted by atomic mass is 32.2. The average molecular weight is 254 g/mol. The molecule has 0 radical (unpaired) electrons. The van der Waals surface area contributed by atoms with Crippen LogP contribution in [0.1, 0.15) is 26.3 Å². The Labute approximate surface area is 108 Å². The van der Waals surface area contributed by atoms with Crippen LogP contribution in [0.15, 0.2) is 23.4 Å². The van der Waals surface area contributed by atoms with Crippen molar-refractivity contribution in [2.24, 2.45) is 0 Å². The van der Waals surface area contributed by atoms with Crippen molar-refractivity contribution < 1.29 is 4.74 Å². The van der Waals surface area contributed by atoms with Crippen molar-refractivity contribution in [3.05, 3.63) is 23.9 Å². The average Bonchev–Trinajstić information content (AvgIpc) is 2.24. The summed E-state index contributed by atoms with van der Waals surface area (Å²) in [5.74, 6) is 0. The quantitative estimate of drug-likeness (QED) is 0.625. The standard InChI is InChI=1S/C13H22N2OS/c1-13(2,3)17-12-11(6-5-7-15-12)10-14-8-9-16-4/h5-7,14H,8-10H2,1-4H3. The van der Waals surface area contributed by atoms with Crippen LogP contribution in [0.3, 0.4) is 0 Å². The minimum absolute atomic E-state index is 0.190. The van der Waals surface area contributed by atoms with Gasteiger partial charge in [0, 0.05) is 31.1 Å². The molecule has 0 unspecified atom stereocenters. The molecule has 17 heavy (non-hydrogen) atoms. The smallest absolute Gasteiger partial charge is 0.101 e. The molecule has 0 aromatic carbocycles. The topological polar surface area (TPSA) is 34.1 Å². The third kappa shape index (κ3) is 6.05. The first-order valence-corrected chi connectivity index (χ1v) is 6.67. The number of methoxy groups -OCH3 is 1. The van der Waals surface area contributed by atoms with Gasteiger partial charge in [0.2, 0.25) is 0 Å². The van der Waals surface area contributed by atoms with Crippen molar-refractivity contribution in [3.63, 3.8) is 0 Å². The Morgan fingerprint density at radius 1 is 1.41 bits per heavy atom. The van der Waals surface area contributed by atoms with Crippen LogP contribution in [-0.2, 0) is 11.3 Å². The Balaban J connectivity index is 2.58. The van der Waals surface area contributed by atoms with Gasteiger partial charge in [-0.3, -0.25) is 0 Å². The Morgan fingerprint density at radius 2 is 2.18 bits per heavy atom. The predicted molar refractivity (Wildman–Crippen MR) is 73.4 cm³/mol. The highest BCUT2D eigenvalue weighted by Gasteiger charge is 2.15. The van der Waals surface area contributed by atoms with Gasteiger partial charge in [0.05, 0.1) is 6.61 Å². The molecule has 4 heteroatoms. The summed E-state index contributed by atoms with van der Waals surface area (Å²) in [5, 5.41) is 4.47. The first-order valence-electron chi connectivity index (χ1n) is 5.85. The molecule has 0 aliphatic heterocycles. The van der Waals surface area contributed by atoms with Gasteiger partial charge in [-0.05, 0) is 11.6 Å². The zero-order valence-electron chi connectivity index (χ0n) is 11.1. The number of hydrogen-bond donors (Lipinski definition) is 1. The molecule has 96 valence electrons. The summed E-state index contributed by atoms with van der Waals surface area (Å²) in [7, 11) is 1.71. The molecule has 0 amide bonds. The summed E-state index contributed by atoms with van der Waals surface area (Å²) in [6.07, 6.45) is 1.85. The Hall–Kier alpha value is -0.580. The van der Waals surface area contributed by atoms with Gasteiger partial charge in [-0.25, -0.2) is 4.98 Å². The maximum atomic E-state index is 5.01. The van der Waals surface area contributed by atoms with E-state index in [9.17, 15) is 0 Å². The first kappa shape index (κ1) is 14.5. The molecule has 1 N–H and O–H groups in total. The lowest BCUT2D eigenvalue weighted by Gasteiger charge is -2.19. The normalized spacial score (nSPS) is 11.8. The predicted octanol–water partition coefficient (Wildman–Crippen LogP) is 2.71. The molecular formula is C13H22N2OS.